The molecule has 1 amide bonds. The minimum Gasteiger partial charge on any atom is -0.326 e. The van der Waals surface area contributed by atoms with Crippen LogP contribution in [-0.4, -0.2) is 11.7 Å². The van der Waals surface area contributed by atoms with E-state index in [0.717, 1.165) is 30.5 Å². The summed E-state index contributed by atoms with van der Waals surface area (Å²) in [5.74, 6) is 0.207. The maximum Gasteiger partial charge on any atom is 0.224 e. The average Bonchev–Trinajstić information content (AvgIpc) is 2.44. The van der Waals surface area contributed by atoms with Crippen LogP contribution in [0.3, 0.4) is 0 Å². The maximum atomic E-state index is 12.0. The molecule has 0 atom stereocenters. The van der Waals surface area contributed by atoms with E-state index in [1.807, 2.05) is 6.92 Å². The fourth-order valence-electron chi connectivity index (χ4n) is 2.05. The van der Waals surface area contributed by atoms with Gasteiger partial charge in [0.05, 0.1) is 0 Å². The van der Waals surface area contributed by atoms with Crippen LogP contribution < -0.4 is 5.32 Å². The fraction of sp³-hybridized carbons (Fsp3) is 0.529. The summed E-state index contributed by atoms with van der Waals surface area (Å²) in [4.78, 5) is 23.4. The summed E-state index contributed by atoms with van der Waals surface area (Å²) >= 11 is 0. The zero-order valence-electron chi connectivity index (χ0n) is 12.6. The summed E-state index contributed by atoms with van der Waals surface area (Å²) in [6.45, 7) is 4.13. The Labute approximate surface area is 121 Å². The Kier molecular flexibility index (Phi) is 7.63. The number of ketones is 1. The molecule has 1 N–H and O–H groups in total. The van der Waals surface area contributed by atoms with Gasteiger partial charge < -0.3 is 5.32 Å². The Morgan fingerprint density at radius 2 is 1.60 bits per heavy atom. The van der Waals surface area contributed by atoms with Gasteiger partial charge in [-0.25, -0.2) is 0 Å². The third-order valence-corrected chi connectivity index (χ3v) is 3.23. The van der Waals surface area contributed by atoms with E-state index in [1.165, 1.54) is 12.8 Å². The molecule has 0 aliphatic carbocycles. The number of anilines is 1. The van der Waals surface area contributed by atoms with E-state index < -0.39 is 0 Å². The zero-order chi connectivity index (χ0) is 14.8. The fourth-order valence-corrected chi connectivity index (χ4v) is 2.05. The van der Waals surface area contributed by atoms with Crippen molar-refractivity contribution in [1.82, 2.24) is 0 Å². The largest absolute Gasteiger partial charge is 0.326 e. The monoisotopic (exact) mass is 275 g/mol. The lowest BCUT2D eigenvalue weighted by atomic mass is 10.0. The van der Waals surface area contributed by atoms with Crippen LogP contribution in [-0.2, 0) is 4.79 Å². The summed E-state index contributed by atoms with van der Waals surface area (Å²) in [6.07, 6.45) is 6.42. The molecule has 3 nitrogen and oxygen atoms in total. The summed E-state index contributed by atoms with van der Waals surface area (Å²) in [6, 6.07) is 7.19. The van der Waals surface area contributed by atoms with Crippen molar-refractivity contribution in [3.63, 3.8) is 0 Å². The van der Waals surface area contributed by atoms with Crippen molar-refractivity contribution in [1.29, 1.82) is 0 Å². The Balaban J connectivity index is 2.45. The van der Waals surface area contributed by atoms with Gasteiger partial charge in [0, 0.05) is 24.1 Å². The van der Waals surface area contributed by atoms with Crippen LogP contribution in [0, 0.1) is 0 Å². The van der Waals surface area contributed by atoms with Crippen LogP contribution in [0.5, 0.6) is 0 Å². The lowest BCUT2D eigenvalue weighted by Gasteiger charge is -2.06. The Morgan fingerprint density at radius 1 is 0.900 bits per heavy atom. The van der Waals surface area contributed by atoms with Crippen LogP contribution in [0.2, 0.25) is 0 Å². The number of hydrogen-bond acceptors (Lipinski definition) is 2. The van der Waals surface area contributed by atoms with Crippen LogP contribution in [0.4, 0.5) is 5.69 Å². The molecule has 0 unspecified atom stereocenters. The number of carbonyl (C=O) groups excluding carboxylic acids is 2. The lowest BCUT2D eigenvalue weighted by Crippen LogP contribution is -2.10. The van der Waals surface area contributed by atoms with E-state index >= 15 is 0 Å². The van der Waals surface area contributed by atoms with E-state index in [-0.39, 0.29) is 11.7 Å². The second-order valence-electron chi connectivity index (χ2n) is 5.11. The van der Waals surface area contributed by atoms with Gasteiger partial charge in [0.15, 0.2) is 5.78 Å². The summed E-state index contributed by atoms with van der Waals surface area (Å²) < 4.78 is 0. The molecule has 0 aliphatic heterocycles. The van der Waals surface area contributed by atoms with E-state index in [2.05, 4.69) is 12.2 Å². The Hall–Kier alpha value is -1.64. The van der Waals surface area contributed by atoms with Crippen molar-refractivity contribution < 1.29 is 9.59 Å². The second-order valence-corrected chi connectivity index (χ2v) is 5.11. The molecule has 0 saturated carbocycles. The molecule has 110 valence electrons. The molecule has 0 heterocycles. The normalized spacial score (nSPS) is 10.3. The zero-order valence-corrected chi connectivity index (χ0v) is 12.6. The molecule has 0 saturated heterocycles. The average molecular weight is 275 g/mol. The molecule has 0 aromatic heterocycles. The second kappa shape index (κ2) is 9.29. The van der Waals surface area contributed by atoms with Crippen LogP contribution >= 0.6 is 0 Å². The van der Waals surface area contributed by atoms with Crippen LogP contribution in [0.15, 0.2) is 24.3 Å². The SMILES string of the molecule is CCCCCCC(=O)c1ccc(NC(=O)CCC)cc1. The molecular weight excluding hydrogens is 250 g/mol. The molecule has 1 aromatic carbocycles. The number of hydrogen-bond donors (Lipinski definition) is 1. The van der Waals surface area contributed by atoms with Gasteiger partial charge in [0.25, 0.3) is 0 Å². The van der Waals surface area contributed by atoms with Gasteiger partial charge in [0.2, 0.25) is 5.91 Å². The van der Waals surface area contributed by atoms with Crippen molar-refractivity contribution in [2.24, 2.45) is 0 Å². The quantitative estimate of drug-likeness (QED) is 0.529. The molecule has 0 aliphatic rings. The number of amides is 1. The summed E-state index contributed by atoms with van der Waals surface area (Å²) in [5, 5.41) is 2.82. The first-order chi connectivity index (χ1) is 9.67. The van der Waals surface area contributed by atoms with Crippen molar-refractivity contribution in [3.05, 3.63) is 29.8 Å². The first-order valence-electron chi connectivity index (χ1n) is 7.60. The standard InChI is InChI=1S/C17H25NO2/c1-3-5-6-7-9-16(19)14-10-12-15(13-11-14)18-17(20)8-4-2/h10-13H,3-9H2,1-2H3,(H,18,20). The first kappa shape index (κ1) is 16.4. The molecule has 3 heteroatoms. The Bertz CT molecular complexity index is 423. The van der Waals surface area contributed by atoms with Gasteiger partial charge in [0.1, 0.15) is 0 Å². The highest BCUT2D eigenvalue weighted by molar-refractivity contribution is 5.97. The van der Waals surface area contributed by atoms with E-state index in [4.69, 9.17) is 0 Å². The predicted molar refractivity (Wildman–Crippen MR) is 83.1 cm³/mol. The molecule has 1 aromatic rings. The van der Waals surface area contributed by atoms with Crippen molar-refractivity contribution >= 4 is 17.4 Å². The van der Waals surface area contributed by atoms with E-state index in [1.54, 1.807) is 24.3 Å². The topological polar surface area (TPSA) is 46.2 Å². The Morgan fingerprint density at radius 3 is 2.20 bits per heavy atom. The van der Waals surface area contributed by atoms with Crippen molar-refractivity contribution in [2.45, 2.75) is 58.8 Å². The lowest BCUT2D eigenvalue weighted by molar-refractivity contribution is -0.116. The first-order valence-corrected chi connectivity index (χ1v) is 7.60. The van der Waals surface area contributed by atoms with Crippen molar-refractivity contribution in [3.8, 4) is 0 Å². The van der Waals surface area contributed by atoms with Crippen LogP contribution in [0.1, 0.15) is 69.2 Å². The number of carbonyl (C=O) groups is 2. The van der Waals surface area contributed by atoms with Gasteiger partial charge in [-0.3, -0.25) is 9.59 Å². The number of rotatable bonds is 9. The smallest absolute Gasteiger partial charge is 0.224 e. The van der Waals surface area contributed by atoms with Crippen molar-refractivity contribution in [2.75, 3.05) is 5.32 Å². The minimum absolute atomic E-state index is 0.0196. The summed E-state index contributed by atoms with van der Waals surface area (Å²) in [7, 11) is 0. The van der Waals surface area contributed by atoms with Gasteiger partial charge in [-0.05, 0) is 37.1 Å². The molecule has 20 heavy (non-hydrogen) atoms. The highest BCUT2D eigenvalue weighted by Crippen LogP contribution is 2.13. The van der Waals surface area contributed by atoms with Gasteiger partial charge in [-0.15, -0.1) is 0 Å². The van der Waals surface area contributed by atoms with Gasteiger partial charge in [-0.2, -0.15) is 0 Å². The minimum atomic E-state index is 0.0196. The predicted octanol–water partition coefficient (Wildman–Crippen LogP) is 4.58. The summed E-state index contributed by atoms with van der Waals surface area (Å²) in [5.41, 5.74) is 1.49. The molecular formula is C17H25NO2. The number of Topliss-reactive ketones (excluding diaryl/α,β-unsaturated/α-hetero) is 1. The van der Waals surface area contributed by atoms with Gasteiger partial charge >= 0.3 is 0 Å². The number of nitrogens with one attached hydrogen (secondary N) is 1. The van der Waals surface area contributed by atoms with Crippen LogP contribution in [0.25, 0.3) is 0 Å². The number of unbranched alkanes of at least 4 members (excludes halogenated alkanes) is 3. The molecule has 0 bridgehead atoms. The maximum absolute atomic E-state index is 12.0. The molecule has 0 radical (unpaired) electrons. The van der Waals surface area contributed by atoms with E-state index in [0.29, 0.717) is 12.8 Å². The van der Waals surface area contributed by atoms with Gasteiger partial charge in [-0.1, -0.05) is 33.1 Å². The third-order valence-electron chi connectivity index (χ3n) is 3.23. The molecule has 0 spiro atoms. The third kappa shape index (κ3) is 6.00. The molecule has 1 rings (SSSR count). The molecule has 0 fully saturated rings. The highest BCUT2D eigenvalue weighted by atomic mass is 16.1. The van der Waals surface area contributed by atoms with E-state index in [9.17, 15) is 9.59 Å². The number of benzene rings is 1. The highest BCUT2D eigenvalue weighted by Gasteiger charge is 2.06.